The molecule has 2 aliphatic heterocycles. The normalized spacial score (nSPS) is 30.2. The van der Waals surface area contributed by atoms with E-state index in [1.54, 1.807) is 0 Å². The largest absolute Gasteiger partial charge is 0.481 e. The van der Waals surface area contributed by atoms with Crippen LogP contribution in [0.4, 0.5) is 0 Å². The molecule has 1 atom stereocenters. The van der Waals surface area contributed by atoms with Gasteiger partial charge in [-0.25, -0.2) is 0 Å². The van der Waals surface area contributed by atoms with E-state index in [0.717, 1.165) is 38.9 Å². The molecule has 0 aromatic heterocycles. The SMILES string of the molecule is CCC1(C(=O)O)CCN(C2CCCN(C)C2)CC1. The summed E-state index contributed by atoms with van der Waals surface area (Å²) < 4.78 is 0. The quantitative estimate of drug-likeness (QED) is 0.832. The van der Waals surface area contributed by atoms with Gasteiger partial charge in [-0.15, -0.1) is 0 Å². The molecular formula is C14H26N2O2. The van der Waals surface area contributed by atoms with E-state index < -0.39 is 11.4 Å². The Morgan fingerprint density at radius 2 is 2.00 bits per heavy atom. The fraction of sp³-hybridized carbons (Fsp3) is 0.929. The predicted octanol–water partition coefficient (Wildman–Crippen LogP) is 1.66. The molecule has 0 radical (unpaired) electrons. The molecule has 2 heterocycles. The van der Waals surface area contributed by atoms with Crippen molar-refractivity contribution in [3.8, 4) is 0 Å². The van der Waals surface area contributed by atoms with Gasteiger partial charge in [0, 0.05) is 12.6 Å². The van der Waals surface area contributed by atoms with Crippen molar-refractivity contribution < 1.29 is 9.90 Å². The first kappa shape index (κ1) is 13.8. The van der Waals surface area contributed by atoms with Crippen molar-refractivity contribution in [3.05, 3.63) is 0 Å². The van der Waals surface area contributed by atoms with Crippen LogP contribution in [0.3, 0.4) is 0 Å². The zero-order valence-corrected chi connectivity index (χ0v) is 11.7. The van der Waals surface area contributed by atoms with Gasteiger partial charge in [0.05, 0.1) is 5.41 Å². The number of likely N-dealkylation sites (N-methyl/N-ethyl adjacent to an activating group) is 1. The minimum atomic E-state index is -0.592. The first-order valence-corrected chi connectivity index (χ1v) is 7.23. The molecule has 104 valence electrons. The number of aliphatic carboxylic acids is 1. The smallest absolute Gasteiger partial charge is 0.309 e. The molecule has 1 N–H and O–H groups in total. The number of likely N-dealkylation sites (tertiary alicyclic amines) is 2. The van der Waals surface area contributed by atoms with Crippen LogP contribution in [0, 0.1) is 5.41 Å². The second kappa shape index (κ2) is 5.57. The summed E-state index contributed by atoms with van der Waals surface area (Å²) in [6.07, 6.45) is 4.95. The minimum Gasteiger partial charge on any atom is -0.481 e. The third-order valence-corrected chi connectivity index (χ3v) is 5.00. The van der Waals surface area contributed by atoms with Crippen LogP contribution in [0.5, 0.6) is 0 Å². The monoisotopic (exact) mass is 254 g/mol. The molecular weight excluding hydrogens is 228 g/mol. The fourth-order valence-electron chi connectivity index (χ4n) is 3.47. The van der Waals surface area contributed by atoms with Crippen molar-refractivity contribution in [2.24, 2.45) is 5.41 Å². The van der Waals surface area contributed by atoms with Gasteiger partial charge in [0.2, 0.25) is 0 Å². The summed E-state index contributed by atoms with van der Waals surface area (Å²) in [5, 5.41) is 9.40. The average molecular weight is 254 g/mol. The van der Waals surface area contributed by atoms with Crippen molar-refractivity contribution >= 4 is 5.97 Å². The Morgan fingerprint density at radius 1 is 1.33 bits per heavy atom. The molecule has 0 bridgehead atoms. The Bertz CT molecular complexity index is 298. The number of hydrogen-bond donors (Lipinski definition) is 1. The van der Waals surface area contributed by atoms with E-state index in [9.17, 15) is 9.90 Å². The summed E-state index contributed by atoms with van der Waals surface area (Å²) in [6, 6.07) is 0.646. The second-order valence-electron chi connectivity index (χ2n) is 6.03. The topological polar surface area (TPSA) is 43.8 Å². The Morgan fingerprint density at radius 3 is 2.50 bits per heavy atom. The highest BCUT2D eigenvalue weighted by atomic mass is 16.4. The van der Waals surface area contributed by atoms with E-state index in [0.29, 0.717) is 6.04 Å². The molecule has 0 aromatic rings. The van der Waals surface area contributed by atoms with Gasteiger partial charge in [-0.3, -0.25) is 9.69 Å². The lowest BCUT2D eigenvalue weighted by molar-refractivity contribution is -0.153. The van der Waals surface area contributed by atoms with E-state index in [2.05, 4.69) is 16.8 Å². The summed E-state index contributed by atoms with van der Waals surface area (Å²) >= 11 is 0. The highest BCUT2D eigenvalue weighted by Gasteiger charge is 2.41. The molecule has 2 rings (SSSR count). The van der Waals surface area contributed by atoms with Gasteiger partial charge in [-0.2, -0.15) is 0 Å². The van der Waals surface area contributed by atoms with E-state index in [1.807, 2.05) is 6.92 Å². The molecule has 0 amide bonds. The molecule has 0 spiro atoms. The van der Waals surface area contributed by atoms with Crippen LogP contribution < -0.4 is 0 Å². The third kappa shape index (κ3) is 2.69. The molecule has 18 heavy (non-hydrogen) atoms. The maximum absolute atomic E-state index is 11.4. The Labute approximate surface area is 110 Å². The van der Waals surface area contributed by atoms with Crippen LogP contribution in [0.1, 0.15) is 39.0 Å². The Balaban J connectivity index is 1.91. The molecule has 2 fully saturated rings. The number of rotatable bonds is 3. The van der Waals surface area contributed by atoms with Crippen LogP contribution in [0.15, 0.2) is 0 Å². The molecule has 0 aliphatic carbocycles. The molecule has 4 nitrogen and oxygen atoms in total. The summed E-state index contributed by atoms with van der Waals surface area (Å²) in [5.74, 6) is -0.592. The fourth-order valence-corrected chi connectivity index (χ4v) is 3.47. The number of carboxylic acid groups (broad SMARTS) is 1. The highest BCUT2D eigenvalue weighted by Crippen LogP contribution is 2.36. The number of carboxylic acids is 1. The third-order valence-electron chi connectivity index (χ3n) is 5.00. The zero-order valence-electron chi connectivity index (χ0n) is 11.7. The number of hydrogen-bond acceptors (Lipinski definition) is 3. The molecule has 0 aromatic carbocycles. The molecule has 4 heteroatoms. The average Bonchev–Trinajstić information content (AvgIpc) is 2.38. The first-order chi connectivity index (χ1) is 8.57. The van der Waals surface area contributed by atoms with Gasteiger partial charge in [-0.1, -0.05) is 6.92 Å². The van der Waals surface area contributed by atoms with Crippen LogP contribution in [-0.2, 0) is 4.79 Å². The molecule has 2 saturated heterocycles. The van der Waals surface area contributed by atoms with Crippen molar-refractivity contribution in [2.45, 2.75) is 45.1 Å². The number of piperidine rings is 2. The van der Waals surface area contributed by atoms with Crippen molar-refractivity contribution in [2.75, 3.05) is 33.2 Å². The maximum atomic E-state index is 11.4. The van der Waals surface area contributed by atoms with Crippen LogP contribution in [-0.4, -0.2) is 60.1 Å². The summed E-state index contributed by atoms with van der Waals surface area (Å²) in [5.41, 5.74) is -0.447. The van der Waals surface area contributed by atoms with Crippen LogP contribution >= 0.6 is 0 Å². The summed E-state index contributed by atoms with van der Waals surface area (Å²) in [7, 11) is 2.18. The van der Waals surface area contributed by atoms with E-state index >= 15 is 0 Å². The van der Waals surface area contributed by atoms with E-state index in [1.165, 1.54) is 19.4 Å². The maximum Gasteiger partial charge on any atom is 0.309 e. The molecule has 0 saturated carbocycles. The van der Waals surface area contributed by atoms with Gasteiger partial charge in [0.1, 0.15) is 0 Å². The summed E-state index contributed by atoms with van der Waals surface area (Å²) in [4.78, 5) is 16.3. The summed E-state index contributed by atoms with van der Waals surface area (Å²) in [6.45, 7) is 6.28. The van der Waals surface area contributed by atoms with Crippen molar-refractivity contribution in [1.82, 2.24) is 9.80 Å². The Kier molecular flexibility index (Phi) is 4.28. The van der Waals surface area contributed by atoms with Crippen molar-refractivity contribution in [3.63, 3.8) is 0 Å². The first-order valence-electron chi connectivity index (χ1n) is 7.23. The van der Waals surface area contributed by atoms with Gasteiger partial charge < -0.3 is 10.0 Å². The predicted molar refractivity (Wildman–Crippen MR) is 71.7 cm³/mol. The Hall–Kier alpha value is -0.610. The second-order valence-corrected chi connectivity index (χ2v) is 6.03. The standard InChI is InChI=1S/C14H26N2O2/c1-3-14(13(17)18)6-9-16(10-7-14)12-5-4-8-15(2)11-12/h12H,3-11H2,1-2H3,(H,17,18). The van der Waals surface area contributed by atoms with Crippen LogP contribution in [0.2, 0.25) is 0 Å². The van der Waals surface area contributed by atoms with E-state index in [-0.39, 0.29) is 0 Å². The highest BCUT2D eigenvalue weighted by molar-refractivity contribution is 5.74. The van der Waals surface area contributed by atoms with E-state index in [4.69, 9.17) is 0 Å². The lowest BCUT2D eigenvalue weighted by Gasteiger charge is -2.44. The zero-order chi connectivity index (χ0) is 13.2. The number of carbonyl (C=O) groups is 1. The minimum absolute atomic E-state index is 0.447. The van der Waals surface area contributed by atoms with Gasteiger partial charge >= 0.3 is 5.97 Å². The van der Waals surface area contributed by atoms with Crippen LogP contribution in [0.25, 0.3) is 0 Å². The van der Waals surface area contributed by atoms with Gasteiger partial charge in [-0.05, 0) is 58.8 Å². The van der Waals surface area contributed by atoms with Gasteiger partial charge in [0.15, 0.2) is 0 Å². The lowest BCUT2D eigenvalue weighted by Crippen LogP contribution is -2.52. The number of nitrogens with zero attached hydrogens (tertiary/aromatic N) is 2. The molecule has 1 unspecified atom stereocenters. The lowest BCUT2D eigenvalue weighted by atomic mass is 9.76. The molecule has 2 aliphatic rings. The van der Waals surface area contributed by atoms with Crippen molar-refractivity contribution in [1.29, 1.82) is 0 Å². The van der Waals surface area contributed by atoms with Gasteiger partial charge in [0.25, 0.3) is 0 Å².